The highest BCUT2D eigenvalue weighted by atomic mass is 35.5. The zero-order valence-electron chi connectivity index (χ0n) is 14.3. The van der Waals surface area contributed by atoms with Crippen molar-refractivity contribution < 1.29 is 14.0 Å². The van der Waals surface area contributed by atoms with Gasteiger partial charge in [-0.25, -0.2) is 13.9 Å². The fourth-order valence-electron chi connectivity index (χ4n) is 2.45. The third-order valence-corrected chi connectivity index (χ3v) is 4.02. The predicted octanol–water partition coefficient (Wildman–Crippen LogP) is 3.44. The number of hydrogen-bond donors (Lipinski definition) is 1. The minimum Gasteiger partial charge on any atom is -0.290 e. The Labute approximate surface area is 159 Å². The summed E-state index contributed by atoms with van der Waals surface area (Å²) >= 11 is 6.17. The Morgan fingerprint density at radius 1 is 1.26 bits per heavy atom. The Balaban J connectivity index is 1.83. The molecular formula is C18H15ClFN5O2. The maximum atomic E-state index is 13.7. The van der Waals surface area contributed by atoms with E-state index in [1.54, 1.807) is 37.6 Å². The average molecular weight is 388 g/mol. The Morgan fingerprint density at radius 3 is 2.70 bits per heavy atom. The molecule has 2 heterocycles. The van der Waals surface area contributed by atoms with E-state index in [1.165, 1.54) is 27.8 Å². The molecule has 0 saturated heterocycles. The van der Waals surface area contributed by atoms with Crippen molar-refractivity contribution in [1.82, 2.24) is 20.1 Å². The van der Waals surface area contributed by atoms with Crippen molar-refractivity contribution in [1.29, 1.82) is 0 Å². The molecule has 7 nitrogen and oxygen atoms in total. The molecule has 9 heteroatoms. The number of amides is 3. The number of nitrogens with one attached hydrogen (secondary N) is 1. The number of nitrogens with zero attached hydrogens (tertiary/aromatic N) is 4. The number of carbonyl (C=O) groups is 2. The summed E-state index contributed by atoms with van der Waals surface area (Å²) in [7, 11) is 0. The third-order valence-electron chi connectivity index (χ3n) is 3.75. The molecule has 0 aliphatic carbocycles. The number of halogens is 2. The van der Waals surface area contributed by atoms with E-state index in [0.717, 1.165) is 6.07 Å². The van der Waals surface area contributed by atoms with Crippen molar-refractivity contribution in [3.8, 4) is 5.69 Å². The zero-order valence-corrected chi connectivity index (χ0v) is 15.0. The van der Waals surface area contributed by atoms with Crippen molar-refractivity contribution in [2.75, 3.05) is 11.4 Å². The first kappa shape index (κ1) is 18.5. The Kier molecular flexibility index (Phi) is 5.46. The lowest BCUT2D eigenvalue weighted by Gasteiger charge is -2.19. The second kappa shape index (κ2) is 7.96. The second-order valence-corrected chi connectivity index (χ2v) is 5.80. The van der Waals surface area contributed by atoms with Gasteiger partial charge in [0.15, 0.2) is 5.15 Å². The summed E-state index contributed by atoms with van der Waals surface area (Å²) < 4.78 is 15.2. The molecule has 2 aromatic heterocycles. The molecule has 1 N–H and O–H groups in total. The Morgan fingerprint density at radius 2 is 2.04 bits per heavy atom. The van der Waals surface area contributed by atoms with Gasteiger partial charge in [0.2, 0.25) is 0 Å². The van der Waals surface area contributed by atoms with Gasteiger partial charge in [-0.3, -0.25) is 20.0 Å². The van der Waals surface area contributed by atoms with Crippen LogP contribution in [0.5, 0.6) is 0 Å². The van der Waals surface area contributed by atoms with Gasteiger partial charge in [-0.1, -0.05) is 23.7 Å². The van der Waals surface area contributed by atoms with Gasteiger partial charge in [0.25, 0.3) is 5.91 Å². The maximum absolute atomic E-state index is 13.7. The van der Waals surface area contributed by atoms with E-state index in [-0.39, 0.29) is 17.3 Å². The summed E-state index contributed by atoms with van der Waals surface area (Å²) in [4.78, 5) is 30.0. The van der Waals surface area contributed by atoms with Gasteiger partial charge in [-0.15, -0.1) is 0 Å². The van der Waals surface area contributed by atoms with Crippen LogP contribution in [0.15, 0.2) is 55.0 Å². The van der Waals surface area contributed by atoms with Gasteiger partial charge in [0.1, 0.15) is 11.5 Å². The summed E-state index contributed by atoms with van der Waals surface area (Å²) in [5, 5.41) is 6.40. The summed E-state index contributed by atoms with van der Waals surface area (Å²) in [5.41, 5.74) is 0.741. The first-order valence-electron chi connectivity index (χ1n) is 8.04. The van der Waals surface area contributed by atoms with Crippen molar-refractivity contribution in [2.45, 2.75) is 6.92 Å². The number of aromatic nitrogens is 3. The van der Waals surface area contributed by atoms with Crippen molar-refractivity contribution in [3.63, 3.8) is 0 Å². The number of hydrogen-bond acceptors (Lipinski definition) is 4. The number of urea groups is 1. The van der Waals surface area contributed by atoms with E-state index >= 15 is 0 Å². The summed E-state index contributed by atoms with van der Waals surface area (Å²) in [6, 6.07) is 8.18. The monoisotopic (exact) mass is 387 g/mol. The molecule has 0 saturated carbocycles. The Bertz CT molecular complexity index is 977. The summed E-state index contributed by atoms with van der Waals surface area (Å²) in [6.45, 7) is 1.93. The second-order valence-electron chi connectivity index (χ2n) is 5.44. The van der Waals surface area contributed by atoms with Crippen LogP contribution in [0.25, 0.3) is 5.69 Å². The number of anilines is 1. The highest BCUT2D eigenvalue weighted by Crippen LogP contribution is 2.26. The molecule has 27 heavy (non-hydrogen) atoms. The van der Waals surface area contributed by atoms with Gasteiger partial charge < -0.3 is 0 Å². The SMILES string of the molecule is CCN(C(=O)NC(=O)c1ccccc1F)c1cn(-c2cccnc2)nc1Cl. The maximum Gasteiger partial charge on any atom is 0.328 e. The van der Waals surface area contributed by atoms with E-state index in [9.17, 15) is 14.0 Å². The fraction of sp³-hybridized carbons (Fsp3) is 0.111. The Hall–Kier alpha value is -3.26. The summed E-state index contributed by atoms with van der Waals surface area (Å²) in [6.07, 6.45) is 4.76. The lowest BCUT2D eigenvalue weighted by Crippen LogP contribution is -2.43. The van der Waals surface area contributed by atoms with Gasteiger partial charge in [0, 0.05) is 12.7 Å². The molecule has 1 aromatic carbocycles. The molecular weight excluding hydrogens is 373 g/mol. The van der Waals surface area contributed by atoms with Gasteiger partial charge in [-0.05, 0) is 31.2 Å². The number of rotatable bonds is 4. The zero-order chi connectivity index (χ0) is 19.4. The van der Waals surface area contributed by atoms with E-state index in [2.05, 4.69) is 15.4 Å². The topological polar surface area (TPSA) is 80.1 Å². The van der Waals surface area contributed by atoms with Crippen molar-refractivity contribution in [2.24, 2.45) is 0 Å². The molecule has 0 aliphatic rings. The highest BCUT2D eigenvalue weighted by molar-refractivity contribution is 6.32. The van der Waals surface area contributed by atoms with Crippen LogP contribution in [0.1, 0.15) is 17.3 Å². The van der Waals surface area contributed by atoms with E-state index < -0.39 is 17.8 Å². The number of carbonyl (C=O) groups excluding carboxylic acids is 2. The van der Waals surface area contributed by atoms with Crippen LogP contribution in [0.4, 0.5) is 14.9 Å². The van der Waals surface area contributed by atoms with Crippen LogP contribution in [0, 0.1) is 5.82 Å². The lowest BCUT2D eigenvalue weighted by atomic mass is 10.2. The summed E-state index contributed by atoms with van der Waals surface area (Å²) in [5.74, 6) is -1.55. The van der Waals surface area contributed by atoms with E-state index in [1.807, 2.05) is 0 Å². The largest absolute Gasteiger partial charge is 0.328 e. The fourth-order valence-corrected chi connectivity index (χ4v) is 2.68. The first-order valence-corrected chi connectivity index (χ1v) is 8.42. The highest BCUT2D eigenvalue weighted by Gasteiger charge is 2.23. The molecule has 0 radical (unpaired) electrons. The number of pyridine rings is 1. The van der Waals surface area contributed by atoms with Gasteiger partial charge in [0.05, 0.1) is 23.6 Å². The minimum absolute atomic E-state index is 0.0780. The molecule has 0 spiro atoms. The number of imide groups is 1. The van der Waals surface area contributed by atoms with Crippen LogP contribution < -0.4 is 10.2 Å². The normalized spacial score (nSPS) is 10.5. The first-order chi connectivity index (χ1) is 13.0. The van der Waals surface area contributed by atoms with Crippen LogP contribution in [-0.2, 0) is 0 Å². The smallest absolute Gasteiger partial charge is 0.290 e. The molecule has 0 aliphatic heterocycles. The average Bonchev–Trinajstić information content (AvgIpc) is 3.05. The molecule has 3 aromatic rings. The van der Waals surface area contributed by atoms with Gasteiger partial charge in [-0.2, -0.15) is 5.10 Å². The minimum atomic E-state index is -0.840. The number of benzene rings is 1. The van der Waals surface area contributed by atoms with E-state index in [0.29, 0.717) is 11.4 Å². The van der Waals surface area contributed by atoms with Crippen LogP contribution in [0.3, 0.4) is 0 Å². The van der Waals surface area contributed by atoms with E-state index in [4.69, 9.17) is 11.6 Å². The third kappa shape index (κ3) is 3.95. The predicted molar refractivity (Wildman–Crippen MR) is 98.7 cm³/mol. The molecule has 0 bridgehead atoms. The van der Waals surface area contributed by atoms with Crippen LogP contribution in [0.2, 0.25) is 5.15 Å². The van der Waals surface area contributed by atoms with Crippen molar-refractivity contribution >= 4 is 29.2 Å². The molecule has 138 valence electrons. The van der Waals surface area contributed by atoms with Gasteiger partial charge >= 0.3 is 6.03 Å². The quantitative estimate of drug-likeness (QED) is 0.743. The van der Waals surface area contributed by atoms with Crippen LogP contribution in [-0.4, -0.2) is 33.2 Å². The standard InChI is InChI=1S/C18H15ClFN5O2/c1-2-24(18(27)22-17(26)13-7-3-4-8-14(13)20)15-11-25(23-16(15)19)12-6-5-9-21-10-12/h3-11H,2H2,1H3,(H,22,26,27). The van der Waals surface area contributed by atoms with Crippen LogP contribution >= 0.6 is 11.6 Å². The lowest BCUT2D eigenvalue weighted by molar-refractivity contribution is 0.0961. The molecule has 0 unspecified atom stereocenters. The molecule has 3 amide bonds. The van der Waals surface area contributed by atoms with Crippen molar-refractivity contribution in [3.05, 3.63) is 71.5 Å². The molecule has 0 fully saturated rings. The molecule has 0 atom stereocenters. The molecule has 3 rings (SSSR count).